The van der Waals surface area contributed by atoms with Crippen LogP contribution < -0.4 is 5.32 Å². The second-order valence-corrected chi connectivity index (χ2v) is 5.32. The second-order valence-electron chi connectivity index (χ2n) is 3.82. The van der Waals surface area contributed by atoms with Crippen LogP contribution in [0.5, 0.6) is 0 Å². The van der Waals surface area contributed by atoms with Crippen LogP contribution in [0.1, 0.15) is 6.42 Å². The molecule has 1 fully saturated rings. The number of halogens is 1. The molecule has 2 atom stereocenters. The molecule has 2 nitrogen and oxygen atoms in total. The Hall–Kier alpha value is -0.740. The Bertz CT molecular complexity index is 346. The van der Waals surface area contributed by atoms with Crippen LogP contribution in [-0.4, -0.2) is 23.1 Å². The first-order valence-electron chi connectivity index (χ1n) is 5.10. The predicted octanol–water partition coefficient (Wildman–Crippen LogP) is 1.54. The average Bonchev–Trinajstić information content (AvgIpc) is 2.71. The molecule has 0 amide bonds. The highest BCUT2D eigenvalue weighted by molar-refractivity contribution is 7.85. The SMILES string of the molecule is O=S(CC1CCNC1)c1ccc(F)cc1. The summed E-state index contributed by atoms with van der Waals surface area (Å²) in [5.41, 5.74) is 0. The molecule has 0 saturated carbocycles. The lowest BCUT2D eigenvalue weighted by Crippen LogP contribution is -2.15. The molecular weight excluding hydrogens is 213 g/mol. The average molecular weight is 227 g/mol. The zero-order valence-corrected chi connectivity index (χ0v) is 9.23. The maximum atomic E-state index is 12.6. The first-order valence-corrected chi connectivity index (χ1v) is 6.42. The standard InChI is InChI=1S/C11H14FNOS/c12-10-1-3-11(4-2-10)15(14)8-9-5-6-13-7-9/h1-4,9,13H,5-8H2. The van der Waals surface area contributed by atoms with Gasteiger partial charge < -0.3 is 5.32 Å². The molecule has 82 valence electrons. The minimum absolute atomic E-state index is 0.279. The van der Waals surface area contributed by atoms with Crippen LogP contribution in [0.2, 0.25) is 0 Å². The van der Waals surface area contributed by atoms with Gasteiger partial charge in [0, 0.05) is 10.6 Å². The van der Waals surface area contributed by atoms with E-state index in [0.29, 0.717) is 11.7 Å². The molecule has 4 heteroatoms. The smallest absolute Gasteiger partial charge is 0.123 e. The normalized spacial score (nSPS) is 22.9. The molecule has 0 spiro atoms. The Morgan fingerprint density at radius 2 is 2.13 bits per heavy atom. The molecule has 0 radical (unpaired) electrons. The van der Waals surface area contributed by atoms with Gasteiger partial charge in [-0.15, -0.1) is 0 Å². The van der Waals surface area contributed by atoms with E-state index in [1.807, 2.05) is 0 Å². The molecule has 15 heavy (non-hydrogen) atoms. The summed E-state index contributed by atoms with van der Waals surface area (Å²) in [5.74, 6) is 0.896. The maximum Gasteiger partial charge on any atom is 0.123 e. The lowest BCUT2D eigenvalue weighted by molar-refractivity contribution is 0.624. The van der Waals surface area contributed by atoms with Gasteiger partial charge in [-0.05, 0) is 49.7 Å². The highest BCUT2D eigenvalue weighted by Gasteiger charge is 2.17. The van der Waals surface area contributed by atoms with Crippen molar-refractivity contribution in [1.82, 2.24) is 5.32 Å². The second kappa shape index (κ2) is 4.86. The Morgan fingerprint density at radius 3 is 2.73 bits per heavy atom. The highest BCUT2D eigenvalue weighted by Crippen LogP contribution is 2.14. The van der Waals surface area contributed by atoms with E-state index in [4.69, 9.17) is 0 Å². The van der Waals surface area contributed by atoms with Gasteiger partial charge in [0.1, 0.15) is 5.82 Å². The maximum absolute atomic E-state index is 12.6. The van der Waals surface area contributed by atoms with Crippen LogP contribution in [0.3, 0.4) is 0 Å². The van der Waals surface area contributed by atoms with Gasteiger partial charge >= 0.3 is 0 Å². The fourth-order valence-electron chi connectivity index (χ4n) is 1.75. The van der Waals surface area contributed by atoms with Crippen molar-refractivity contribution in [1.29, 1.82) is 0 Å². The zero-order chi connectivity index (χ0) is 10.7. The fraction of sp³-hybridized carbons (Fsp3) is 0.455. The van der Waals surface area contributed by atoms with Crippen LogP contribution in [0.25, 0.3) is 0 Å². The molecular formula is C11H14FNOS. The lowest BCUT2D eigenvalue weighted by Gasteiger charge is -2.07. The van der Waals surface area contributed by atoms with Crippen molar-refractivity contribution in [2.75, 3.05) is 18.8 Å². The molecule has 0 aliphatic carbocycles. The van der Waals surface area contributed by atoms with Crippen molar-refractivity contribution in [3.05, 3.63) is 30.1 Å². The third-order valence-electron chi connectivity index (χ3n) is 2.63. The predicted molar refractivity (Wildman–Crippen MR) is 58.7 cm³/mol. The van der Waals surface area contributed by atoms with Crippen LogP contribution in [0, 0.1) is 11.7 Å². The van der Waals surface area contributed by atoms with Gasteiger partial charge in [-0.25, -0.2) is 4.39 Å². The van der Waals surface area contributed by atoms with E-state index in [0.717, 1.165) is 24.4 Å². The molecule has 1 aliphatic heterocycles. The van der Waals surface area contributed by atoms with E-state index in [2.05, 4.69) is 5.32 Å². The summed E-state index contributed by atoms with van der Waals surface area (Å²) in [6, 6.07) is 5.93. The number of nitrogens with one attached hydrogen (secondary N) is 1. The van der Waals surface area contributed by atoms with E-state index in [-0.39, 0.29) is 5.82 Å². The zero-order valence-electron chi connectivity index (χ0n) is 8.41. The van der Waals surface area contributed by atoms with Crippen LogP contribution in [-0.2, 0) is 10.8 Å². The minimum atomic E-state index is -0.988. The van der Waals surface area contributed by atoms with E-state index in [1.54, 1.807) is 12.1 Å². The Kier molecular flexibility index (Phi) is 3.49. The van der Waals surface area contributed by atoms with Gasteiger partial charge in [-0.2, -0.15) is 0 Å². The molecule has 2 unspecified atom stereocenters. The Labute approximate surface area is 91.3 Å². The molecule has 1 aromatic rings. The van der Waals surface area contributed by atoms with Crippen molar-refractivity contribution in [3.8, 4) is 0 Å². The van der Waals surface area contributed by atoms with Gasteiger partial charge in [0.15, 0.2) is 0 Å². The molecule has 1 heterocycles. The molecule has 0 aromatic heterocycles. The van der Waals surface area contributed by atoms with Crippen molar-refractivity contribution in [2.24, 2.45) is 5.92 Å². The minimum Gasteiger partial charge on any atom is -0.316 e. The first kappa shape index (κ1) is 10.8. The number of rotatable bonds is 3. The lowest BCUT2D eigenvalue weighted by atomic mass is 10.2. The summed E-state index contributed by atoms with van der Waals surface area (Å²) < 4.78 is 24.5. The van der Waals surface area contributed by atoms with Crippen molar-refractivity contribution in [2.45, 2.75) is 11.3 Å². The van der Waals surface area contributed by atoms with Crippen molar-refractivity contribution < 1.29 is 8.60 Å². The van der Waals surface area contributed by atoms with E-state index in [1.165, 1.54) is 12.1 Å². The quantitative estimate of drug-likeness (QED) is 0.848. The van der Waals surface area contributed by atoms with E-state index >= 15 is 0 Å². The largest absolute Gasteiger partial charge is 0.316 e. The summed E-state index contributed by atoms with van der Waals surface area (Å²) in [5, 5.41) is 3.24. The third kappa shape index (κ3) is 2.86. The Morgan fingerprint density at radius 1 is 1.40 bits per heavy atom. The topological polar surface area (TPSA) is 29.1 Å². The first-order chi connectivity index (χ1) is 7.25. The van der Waals surface area contributed by atoms with Gasteiger partial charge in [0.05, 0.1) is 10.8 Å². The summed E-state index contributed by atoms with van der Waals surface area (Å²) in [7, 11) is -0.988. The van der Waals surface area contributed by atoms with Crippen molar-refractivity contribution >= 4 is 10.8 Å². The van der Waals surface area contributed by atoms with Crippen LogP contribution >= 0.6 is 0 Å². The van der Waals surface area contributed by atoms with Crippen LogP contribution in [0.4, 0.5) is 4.39 Å². The molecule has 1 aromatic carbocycles. The van der Waals surface area contributed by atoms with Gasteiger partial charge in [0.2, 0.25) is 0 Å². The number of benzene rings is 1. The number of hydrogen-bond donors (Lipinski definition) is 1. The summed E-state index contributed by atoms with van der Waals surface area (Å²) >= 11 is 0. The number of hydrogen-bond acceptors (Lipinski definition) is 2. The van der Waals surface area contributed by atoms with E-state index in [9.17, 15) is 8.60 Å². The molecule has 1 aliphatic rings. The highest BCUT2D eigenvalue weighted by atomic mass is 32.2. The van der Waals surface area contributed by atoms with Gasteiger partial charge in [-0.1, -0.05) is 0 Å². The van der Waals surface area contributed by atoms with Gasteiger partial charge in [0.25, 0.3) is 0 Å². The summed E-state index contributed by atoms with van der Waals surface area (Å²) in [6.45, 7) is 1.97. The van der Waals surface area contributed by atoms with Crippen molar-refractivity contribution in [3.63, 3.8) is 0 Å². The summed E-state index contributed by atoms with van der Waals surface area (Å²) in [6.07, 6.45) is 1.09. The van der Waals surface area contributed by atoms with Gasteiger partial charge in [-0.3, -0.25) is 4.21 Å². The Balaban J connectivity index is 1.98. The molecule has 0 bridgehead atoms. The van der Waals surface area contributed by atoms with Crippen LogP contribution in [0.15, 0.2) is 29.2 Å². The molecule has 1 saturated heterocycles. The fourth-order valence-corrected chi connectivity index (χ4v) is 3.10. The summed E-state index contributed by atoms with van der Waals surface area (Å²) in [4.78, 5) is 0.725. The molecule has 2 rings (SSSR count). The molecule has 1 N–H and O–H groups in total. The monoisotopic (exact) mass is 227 g/mol. The third-order valence-corrected chi connectivity index (χ3v) is 4.20. The van der Waals surface area contributed by atoms with E-state index < -0.39 is 10.8 Å².